The summed E-state index contributed by atoms with van der Waals surface area (Å²) in [7, 11) is -3.39. The van der Waals surface area contributed by atoms with E-state index in [-0.39, 0.29) is 23.0 Å². The molecule has 10 heteroatoms. The molecule has 2 aromatic rings. The fourth-order valence-electron chi connectivity index (χ4n) is 5.04. The Morgan fingerprint density at radius 3 is 2.66 bits per heavy atom. The highest BCUT2D eigenvalue weighted by atomic mass is 32.2. The highest BCUT2D eigenvalue weighted by molar-refractivity contribution is 7.90. The average Bonchev–Trinajstić information content (AvgIpc) is 3.31. The first-order chi connectivity index (χ1) is 16.8. The number of likely N-dealkylation sites (tertiary alicyclic amines) is 1. The zero-order chi connectivity index (χ0) is 24.6. The SMILES string of the molecule is Cc1cc(N2CCOc3ccc(OC4CCN(C(=O)C5CCOCC5)C4)cc32)cnc1S(C)(=O)=O. The molecule has 0 aliphatic carbocycles. The zero-order valence-corrected chi connectivity index (χ0v) is 20.9. The third kappa shape index (κ3) is 5.08. The molecule has 1 aromatic carbocycles. The molecule has 5 rings (SSSR count). The predicted molar refractivity (Wildman–Crippen MR) is 130 cm³/mol. The van der Waals surface area contributed by atoms with Gasteiger partial charge in [0, 0.05) is 44.4 Å². The molecule has 0 spiro atoms. The van der Waals surface area contributed by atoms with Crippen molar-refractivity contribution in [1.82, 2.24) is 9.88 Å². The Morgan fingerprint density at radius 1 is 1.11 bits per heavy atom. The van der Waals surface area contributed by atoms with Crippen molar-refractivity contribution in [2.24, 2.45) is 5.92 Å². The standard InChI is InChI=1S/C25H31N3O6S/c1-17-13-19(15-26-24(17)35(2,30)31)28-9-12-33-23-4-3-20(14-22(23)28)34-21-5-8-27(16-21)25(29)18-6-10-32-11-7-18/h3-4,13-15,18,21H,5-12,16H2,1-2H3. The lowest BCUT2D eigenvalue weighted by Crippen LogP contribution is -2.38. The van der Waals surface area contributed by atoms with Crippen LogP contribution in [0, 0.1) is 12.8 Å². The normalized spacial score (nSPS) is 20.9. The van der Waals surface area contributed by atoms with Crippen LogP contribution in [0.4, 0.5) is 11.4 Å². The van der Waals surface area contributed by atoms with Gasteiger partial charge in [0.25, 0.3) is 0 Å². The number of carbonyl (C=O) groups is 1. The summed E-state index contributed by atoms with van der Waals surface area (Å²) in [6.45, 7) is 5.47. The van der Waals surface area contributed by atoms with Crippen LogP contribution in [0.2, 0.25) is 0 Å². The molecule has 9 nitrogen and oxygen atoms in total. The van der Waals surface area contributed by atoms with Crippen molar-refractivity contribution < 1.29 is 27.4 Å². The lowest BCUT2D eigenvalue weighted by atomic mass is 9.99. The van der Waals surface area contributed by atoms with Crippen LogP contribution in [-0.4, -0.2) is 76.0 Å². The fourth-order valence-corrected chi connectivity index (χ4v) is 5.93. The van der Waals surface area contributed by atoms with E-state index >= 15 is 0 Å². The van der Waals surface area contributed by atoms with E-state index in [1.165, 1.54) is 0 Å². The minimum absolute atomic E-state index is 0.0584. The van der Waals surface area contributed by atoms with E-state index in [0.29, 0.717) is 50.8 Å². The number of aryl methyl sites for hydroxylation is 1. The predicted octanol–water partition coefficient (Wildman–Crippen LogP) is 2.73. The molecule has 0 N–H and O–H groups in total. The Hall–Kier alpha value is -2.85. The summed E-state index contributed by atoms with van der Waals surface area (Å²) < 4.78 is 41.4. The van der Waals surface area contributed by atoms with Crippen molar-refractivity contribution >= 4 is 27.1 Å². The molecule has 1 unspecified atom stereocenters. The quantitative estimate of drug-likeness (QED) is 0.617. The lowest BCUT2D eigenvalue weighted by molar-refractivity contribution is -0.137. The molecule has 1 amide bonds. The maximum atomic E-state index is 12.9. The number of aromatic nitrogens is 1. The third-order valence-electron chi connectivity index (χ3n) is 6.80. The highest BCUT2D eigenvalue weighted by Gasteiger charge is 2.33. The highest BCUT2D eigenvalue weighted by Crippen LogP contribution is 2.40. The van der Waals surface area contributed by atoms with Gasteiger partial charge in [-0.25, -0.2) is 13.4 Å². The molecule has 4 heterocycles. The summed E-state index contributed by atoms with van der Waals surface area (Å²) in [5.74, 6) is 1.71. The Kier molecular flexibility index (Phi) is 6.59. The number of hydrogen-bond acceptors (Lipinski definition) is 8. The second kappa shape index (κ2) is 9.66. The molecule has 188 valence electrons. The molecule has 0 radical (unpaired) electrons. The monoisotopic (exact) mass is 501 g/mol. The van der Waals surface area contributed by atoms with E-state index in [0.717, 1.165) is 42.6 Å². The van der Waals surface area contributed by atoms with Crippen molar-refractivity contribution in [2.75, 3.05) is 50.6 Å². The van der Waals surface area contributed by atoms with Gasteiger partial charge in [-0.05, 0) is 43.5 Å². The van der Waals surface area contributed by atoms with Gasteiger partial charge >= 0.3 is 0 Å². The smallest absolute Gasteiger partial charge is 0.225 e. The van der Waals surface area contributed by atoms with Gasteiger partial charge in [0.05, 0.1) is 30.7 Å². The third-order valence-corrected chi connectivity index (χ3v) is 7.93. The van der Waals surface area contributed by atoms with Gasteiger partial charge in [-0.1, -0.05) is 0 Å². The Bertz CT molecular complexity index is 1210. The topological polar surface area (TPSA) is 98.3 Å². The molecule has 0 bridgehead atoms. The molecule has 2 saturated heterocycles. The Labute approximate surface area is 205 Å². The first-order valence-electron chi connectivity index (χ1n) is 12.0. The molecule has 0 saturated carbocycles. The second-order valence-electron chi connectivity index (χ2n) is 9.42. The molecule has 1 aromatic heterocycles. The number of fused-ring (bicyclic) bond motifs is 1. The minimum atomic E-state index is -3.39. The lowest BCUT2D eigenvalue weighted by Gasteiger charge is -2.32. The summed E-state index contributed by atoms with van der Waals surface area (Å²) in [5.41, 5.74) is 2.24. The van der Waals surface area contributed by atoms with E-state index in [1.54, 1.807) is 13.1 Å². The van der Waals surface area contributed by atoms with Gasteiger partial charge in [-0.2, -0.15) is 0 Å². The van der Waals surface area contributed by atoms with Gasteiger partial charge in [0.1, 0.15) is 24.2 Å². The fraction of sp³-hybridized carbons (Fsp3) is 0.520. The van der Waals surface area contributed by atoms with Crippen molar-refractivity contribution in [2.45, 2.75) is 37.3 Å². The summed E-state index contributed by atoms with van der Waals surface area (Å²) in [5, 5.41) is 0.0907. The van der Waals surface area contributed by atoms with Crippen LogP contribution in [0.5, 0.6) is 11.5 Å². The number of carbonyl (C=O) groups excluding carboxylic acids is 1. The van der Waals surface area contributed by atoms with E-state index in [1.807, 2.05) is 29.2 Å². The van der Waals surface area contributed by atoms with E-state index in [2.05, 4.69) is 9.88 Å². The molecule has 1 atom stereocenters. The Morgan fingerprint density at radius 2 is 1.91 bits per heavy atom. The maximum Gasteiger partial charge on any atom is 0.225 e. The number of rotatable bonds is 5. The largest absolute Gasteiger partial charge is 0.490 e. The van der Waals surface area contributed by atoms with Crippen molar-refractivity contribution in [1.29, 1.82) is 0 Å². The van der Waals surface area contributed by atoms with E-state index in [9.17, 15) is 13.2 Å². The van der Waals surface area contributed by atoms with E-state index < -0.39 is 9.84 Å². The van der Waals surface area contributed by atoms with Crippen molar-refractivity contribution in [3.63, 3.8) is 0 Å². The van der Waals surface area contributed by atoms with Crippen LogP contribution in [0.3, 0.4) is 0 Å². The van der Waals surface area contributed by atoms with Crippen LogP contribution in [0.25, 0.3) is 0 Å². The molecule has 3 aliphatic rings. The molecule has 3 aliphatic heterocycles. The Balaban J connectivity index is 1.31. The maximum absolute atomic E-state index is 12.9. The van der Waals surface area contributed by atoms with Gasteiger partial charge in [-0.3, -0.25) is 4.79 Å². The molecule has 35 heavy (non-hydrogen) atoms. The number of pyridine rings is 1. The number of amides is 1. The summed E-state index contributed by atoms with van der Waals surface area (Å²) in [4.78, 5) is 21.1. The van der Waals surface area contributed by atoms with Gasteiger partial charge in [0.15, 0.2) is 14.9 Å². The van der Waals surface area contributed by atoms with Crippen molar-refractivity contribution in [3.8, 4) is 11.5 Å². The zero-order valence-electron chi connectivity index (χ0n) is 20.1. The van der Waals surface area contributed by atoms with Gasteiger partial charge < -0.3 is 24.0 Å². The number of sulfone groups is 1. The van der Waals surface area contributed by atoms with Crippen LogP contribution < -0.4 is 14.4 Å². The van der Waals surface area contributed by atoms with Crippen LogP contribution in [-0.2, 0) is 19.4 Å². The first-order valence-corrected chi connectivity index (χ1v) is 13.9. The molecular formula is C25H31N3O6S. The van der Waals surface area contributed by atoms with E-state index in [4.69, 9.17) is 14.2 Å². The number of nitrogens with zero attached hydrogens (tertiary/aromatic N) is 3. The summed E-state index contributed by atoms with van der Waals surface area (Å²) in [6, 6.07) is 7.56. The summed E-state index contributed by atoms with van der Waals surface area (Å²) in [6.07, 6.45) is 5.07. The number of ether oxygens (including phenoxy) is 3. The van der Waals surface area contributed by atoms with Crippen LogP contribution in [0.1, 0.15) is 24.8 Å². The second-order valence-corrected chi connectivity index (χ2v) is 11.3. The molecular weight excluding hydrogens is 470 g/mol. The van der Waals surface area contributed by atoms with Crippen LogP contribution in [0.15, 0.2) is 35.5 Å². The summed E-state index contributed by atoms with van der Waals surface area (Å²) >= 11 is 0. The van der Waals surface area contributed by atoms with Gasteiger partial charge in [0.2, 0.25) is 5.91 Å². The number of anilines is 2. The number of benzene rings is 1. The molecule has 2 fully saturated rings. The van der Waals surface area contributed by atoms with Gasteiger partial charge in [-0.15, -0.1) is 0 Å². The van der Waals surface area contributed by atoms with Crippen molar-refractivity contribution in [3.05, 3.63) is 36.0 Å². The first kappa shape index (κ1) is 23.9. The van der Waals surface area contributed by atoms with Crippen LogP contribution >= 0.6 is 0 Å². The average molecular weight is 502 g/mol. The number of hydrogen-bond donors (Lipinski definition) is 0. The minimum Gasteiger partial charge on any atom is -0.490 e.